The largest absolute Gasteiger partial charge is 0.452 e. The third-order valence-corrected chi connectivity index (χ3v) is 6.27. The Morgan fingerprint density at radius 2 is 1.79 bits per heavy atom. The van der Waals surface area contributed by atoms with Crippen molar-refractivity contribution < 1.29 is 14.3 Å². The maximum absolute atomic E-state index is 13.0. The van der Waals surface area contributed by atoms with Crippen molar-refractivity contribution in [2.24, 2.45) is 0 Å². The molecule has 33 heavy (non-hydrogen) atoms. The molecule has 0 fully saturated rings. The van der Waals surface area contributed by atoms with Crippen LogP contribution in [0.3, 0.4) is 0 Å². The summed E-state index contributed by atoms with van der Waals surface area (Å²) in [5, 5.41) is 5.23. The first-order valence-corrected chi connectivity index (χ1v) is 11.2. The topological polar surface area (TPSA) is 81.2 Å². The lowest BCUT2D eigenvalue weighted by Gasteiger charge is -2.11. The lowest BCUT2D eigenvalue weighted by Crippen LogP contribution is -2.28. The van der Waals surface area contributed by atoms with Gasteiger partial charge < -0.3 is 10.1 Å². The monoisotopic (exact) mass is 453 g/mol. The summed E-state index contributed by atoms with van der Waals surface area (Å²) >= 11 is 1.58. The molecule has 0 bridgehead atoms. The van der Waals surface area contributed by atoms with Gasteiger partial charge in [0.2, 0.25) is 0 Å². The van der Waals surface area contributed by atoms with E-state index in [9.17, 15) is 9.59 Å². The predicted octanol–water partition coefficient (Wildman–Crippen LogP) is 4.98. The zero-order valence-corrected chi connectivity index (χ0v) is 18.3. The Kier molecular flexibility index (Phi) is 5.78. The van der Waals surface area contributed by atoms with E-state index in [2.05, 4.69) is 10.3 Å². The molecule has 3 aromatic carbocycles. The number of pyridine rings is 1. The molecule has 0 aliphatic carbocycles. The van der Waals surface area contributed by atoms with Gasteiger partial charge in [-0.3, -0.25) is 9.78 Å². The maximum atomic E-state index is 13.0. The van der Waals surface area contributed by atoms with Gasteiger partial charge in [0.15, 0.2) is 6.61 Å². The molecule has 5 rings (SSSR count). The smallest absolute Gasteiger partial charge is 0.339 e. The van der Waals surface area contributed by atoms with Crippen molar-refractivity contribution in [3.63, 3.8) is 0 Å². The highest BCUT2D eigenvalue weighted by molar-refractivity contribution is 7.21. The Hall–Kier alpha value is -4.10. The quantitative estimate of drug-likeness (QED) is 0.367. The van der Waals surface area contributed by atoms with Crippen molar-refractivity contribution in [2.75, 3.05) is 6.61 Å². The van der Waals surface area contributed by atoms with Crippen molar-refractivity contribution in [3.05, 3.63) is 96.3 Å². The lowest BCUT2D eigenvalue weighted by molar-refractivity contribution is -0.124. The van der Waals surface area contributed by atoms with E-state index >= 15 is 0 Å². The molecule has 2 heterocycles. The van der Waals surface area contributed by atoms with E-state index < -0.39 is 5.97 Å². The number of esters is 1. The van der Waals surface area contributed by atoms with E-state index in [1.807, 2.05) is 60.7 Å². The number of amides is 1. The van der Waals surface area contributed by atoms with Crippen LogP contribution in [0.15, 0.2) is 85.2 Å². The van der Waals surface area contributed by atoms with Gasteiger partial charge >= 0.3 is 5.97 Å². The standard InChI is InChI=1S/C26H19N3O3S/c30-23(28-15-17-6-5-13-27-14-17)16-32-26(31)20-10-4-8-18-7-3-9-19(24(18)20)25-29-21-11-1-2-12-22(21)33-25/h1-14H,15-16H2,(H,28,30). The number of rotatable bonds is 6. The van der Waals surface area contributed by atoms with Crippen LogP contribution in [0.2, 0.25) is 0 Å². The number of carbonyl (C=O) groups excluding carboxylic acids is 2. The van der Waals surface area contributed by atoms with Crippen LogP contribution in [0.5, 0.6) is 0 Å². The molecule has 2 aromatic heterocycles. The molecule has 0 atom stereocenters. The average Bonchev–Trinajstić information content (AvgIpc) is 3.30. The van der Waals surface area contributed by atoms with Crippen molar-refractivity contribution in [3.8, 4) is 10.6 Å². The molecule has 1 N–H and O–H groups in total. The minimum atomic E-state index is -0.550. The highest BCUT2D eigenvalue weighted by atomic mass is 32.1. The van der Waals surface area contributed by atoms with Crippen molar-refractivity contribution in [2.45, 2.75) is 6.54 Å². The van der Waals surface area contributed by atoms with Gasteiger partial charge in [0.1, 0.15) is 5.01 Å². The van der Waals surface area contributed by atoms with Crippen molar-refractivity contribution >= 4 is 44.2 Å². The number of nitrogens with zero attached hydrogens (tertiary/aromatic N) is 2. The summed E-state index contributed by atoms with van der Waals surface area (Å²) in [6.45, 7) is -0.0426. The van der Waals surface area contributed by atoms with Crippen LogP contribution in [0, 0.1) is 0 Å². The molecule has 0 saturated carbocycles. The van der Waals surface area contributed by atoms with Crippen molar-refractivity contribution in [1.82, 2.24) is 15.3 Å². The second kappa shape index (κ2) is 9.18. The second-order valence-corrected chi connectivity index (χ2v) is 8.44. The Balaban J connectivity index is 1.38. The van der Waals surface area contributed by atoms with E-state index in [0.29, 0.717) is 12.1 Å². The fraction of sp³-hybridized carbons (Fsp3) is 0.0769. The molecule has 1 amide bonds. The fourth-order valence-corrected chi connectivity index (χ4v) is 4.64. The molecule has 162 valence electrons. The van der Waals surface area contributed by atoms with Crippen LogP contribution in [0.25, 0.3) is 31.6 Å². The zero-order chi connectivity index (χ0) is 22.6. The minimum absolute atomic E-state index is 0.320. The van der Waals surface area contributed by atoms with Crippen molar-refractivity contribution in [1.29, 1.82) is 0 Å². The van der Waals surface area contributed by atoms with Crippen LogP contribution >= 0.6 is 11.3 Å². The molecule has 7 heteroatoms. The van der Waals surface area contributed by atoms with Crippen LogP contribution in [0.1, 0.15) is 15.9 Å². The van der Waals surface area contributed by atoms with Gasteiger partial charge in [-0.1, -0.05) is 48.5 Å². The lowest BCUT2D eigenvalue weighted by atomic mass is 9.99. The first kappa shape index (κ1) is 20.8. The maximum Gasteiger partial charge on any atom is 0.339 e. The van der Waals surface area contributed by atoms with Gasteiger partial charge in [-0.15, -0.1) is 11.3 Å². The summed E-state index contributed by atoms with van der Waals surface area (Å²) in [6.07, 6.45) is 3.34. The Morgan fingerprint density at radius 3 is 2.61 bits per heavy atom. The van der Waals surface area contributed by atoms with Crippen LogP contribution in [0.4, 0.5) is 0 Å². The number of carbonyl (C=O) groups is 2. The van der Waals surface area contributed by atoms with Gasteiger partial charge in [0.05, 0.1) is 15.8 Å². The number of benzene rings is 3. The van der Waals surface area contributed by atoms with E-state index in [1.54, 1.807) is 35.9 Å². The molecule has 0 radical (unpaired) electrons. The minimum Gasteiger partial charge on any atom is -0.452 e. The number of hydrogen-bond acceptors (Lipinski definition) is 6. The van der Waals surface area contributed by atoms with Gasteiger partial charge in [-0.05, 0) is 35.2 Å². The Bertz CT molecular complexity index is 1430. The predicted molar refractivity (Wildman–Crippen MR) is 129 cm³/mol. The van der Waals surface area contributed by atoms with E-state index in [4.69, 9.17) is 9.72 Å². The van der Waals surface area contributed by atoms with Gasteiger partial charge in [0, 0.05) is 29.9 Å². The summed E-state index contributed by atoms with van der Waals surface area (Å²) in [7, 11) is 0. The molecule has 0 spiro atoms. The SMILES string of the molecule is O=C(COC(=O)c1cccc2cccc(-c3nc4ccccc4s3)c12)NCc1cccnc1. The summed E-state index contributed by atoms with van der Waals surface area (Å²) in [5.74, 6) is -0.926. The zero-order valence-electron chi connectivity index (χ0n) is 17.5. The highest BCUT2D eigenvalue weighted by Gasteiger charge is 2.18. The van der Waals surface area contributed by atoms with Gasteiger partial charge in [-0.25, -0.2) is 9.78 Å². The number of ether oxygens (including phenoxy) is 1. The fourth-order valence-electron chi connectivity index (χ4n) is 3.64. The third-order valence-electron chi connectivity index (χ3n) is 5.20. The molecular formula is C26H19N3O3S. The first-order chi connectivity index (χ1) is 16.2. The number of thiazole rings is 1. The van der Waals surface area contributed by atoms with E-state index in [0.717, 1.165) is 37.1 Å². The van der Waals surface area contributed by atoms with Gasteiger partial charge in [-0.2, -0.15) is 0 Å². The molecule has 0 saturated heterocycles. The number of hydrogen-bond donors (Lipinski definition) is 1. The highest BCUT2D eigenvalue weighted by Crippen LogP contribution is 2.36. The summed E-state index contributed by atoms with van der Waals surface area (Å²) in [5.41, 5.74) is 3.05. The summed E-state index contributed by atoms with van der Waals surface area (Å²) in [4.78, 5) is 33.9. The first-order valence-electron chi connectivity index (χ1n) is 10.4. The van der Waals surface area contributed by atoms with Crippen LogP contribution in [-0.4, -0.2) is 28.5 Å². The molecular weight excluding hydrogens is 434 g/mol. The molecule has 5 aromatic rings. The Labute approximate surface area is 193 Å². The molecule has 6 nitrogen and oxygen atoms in total. The summed E-state index contributed by atoms with van der Waals surface area (Å²) in [6, 6.07) is 22.9. The normalized spacial score (nSPS) is 10.9. The van der Waals surface area contributed by atoms with Crippen LogP contribution in [-0.2, 0) is 16.1 Å². The molecule has 0 aliphatic heterocycles. The van der Waals surface area contributed by atoms with E-state index in [1.165, 1.54) is 0 Å². The Morgan fingerprint density at radius 1 is 0.939 bits per heavy atom. The third kappa shape index (κ3) is 4.44. The molecule has 0 unspecified atom stereocenters. The average molecular weight is 454 g/mol. The number of aromatic nitrogens is 2. The summed E-state index contributed by atoms with van der Waals surface area (Å²) < 4.78 is 6.43. The molecule has 0 aliphatic rings. The second-order valence-electron chi connectivity index (χ2n) is 7.41. The van der Waals surface area contributed by atoms with Crippen LogP contribution < -0.4 is 5.32 Å². The number of nitrogens with one attached hydrogen (secondary N) is 1. The van der Waals surface area contributed by atoms with Gasteiger partial charge in [0.25, 0.3) is 5.91 Å². The van der Waals surface area contributed by atoms with E-state index in [-0.39, 0.29) is 12.5 Å². The number of para-hydroxylation sites is 1. The number of fused-ring (bicyclic) bond motifs is 2.